The Morgan fingerprint density at radius 2 is 2.00 bits per heavy atom. The predicted molar refractivity (Wildman–Crippen MR) is 86.8 cm³/mol. The Bertz CT molecular complexity index is 456. The number of piperidine rings is 1. The Hall–Kier alpha value is -0.750. The van der Waals surface area contributed by atoms with Gasteiger partial charge in [-0.3, -0.25) is 5.10 Å². The molecule has 0 spiro atoms. The molecule has 6 heteroatoms. The summed E-state index contributed by atoms with van der Waals surface area (Å²) in [5.74, 6) is 4.13. The minimum Gasteiger partial charge on any atom is -0.340 e. The predicted octanol–water partition coefficient (Wildman–Crippen LogP) is 2.34. The van der Waals surface area contributed by atoms with Crippen LogP contribution in [0.3, 0.4) is 0 Å². The molecule has 0 amide bonds. The number of thioether (sulfide) groups is 1. The molecular weight excluding hydrogens is 282 g/mol. The Kier molecular flexibility index (Phi) is 4.07. The first-order valence-electron chi connectivity index (χ1n) is 8.42. The van der Waals surface area contributed by atoms with E-state index in [9.17, 15) is 0 Å². The molecule has 21 heavy (non-hydrogen) atoms. The number of anilines is 1. The highest BCUT2D eigenvalue weighted by Gasteiger charge is 2.30. The van der Waals surface area contributed by atoms with E-state index in [0.717, 1.165) is 36.8 Å². The number of nitrogens with zero attached hydrogens (tertiary/aromatic N) is 3. The second-order valence-electron chi connectivity index (χ2n) is 6.55. The third kappa shape index (κ3) is 2.93. The lowest BCUT2D eigenvalue weighted by atomic mass is 9.89. The Labute approximate surface area is 130 Å². The lowest BCUT2D eigenvalue weighted by Crippen LogP contribution is -2.41. The summed E-state index contributed by atoms with van der Waals surface area (Å²) < 4.78 is 0. The lowest BCUT2D eigenvalue weighted by Gasteiger charge is -2.34. The van der Waals surface area contributed by atoms with E-state index in [1.165, 1.54) is 50.8 Å². The van der Waals surface area contributed by atoms with Gasteiger partial charge in [0.2, 0.25) is 5.95 Å². The topological polar surface area (TPSA) is 56.8 Å². The third-order valence-electron chi connectivity index (χ3n) is 5.22. The summed E-state index contributed by atoms with van der Waals surface area (Å²) in [5.41, 5.74) is 0. The van der Waals surface area contributed by atoms with Crippen molar-refractivity contribution in [3.8, 4) is 0 Å². The van der Waals surface area contributed by atoms with E-state index >= 15 is 0 Å². The summed E-state index contributed by atoms with van der Waals surface area (Å²) in [6.07, 6.45) is 7.84. The van der Waals surface area contributed by atoms with Crippen molar-refractivity contribution < 1.29 is 0 Å². The van der Waals surface area contributed by atoms with Crippen LogP contribution in [-0.2, 0) is 0 Å². The second kappa shape index (κ2) is 6.16. The Balaban J connectivity index is 1.35. The van der Waals surface area contributed by atoms with Gasteiger partial charge >= 0.3 is 0 Å². The van der Waals surface area contributed by atoms with Crippen molar-refractivity contribution >= 4 is 17.7 Å². The highest BCUT2D eigenvalue weighted by molar-refractivity contribution is 7.99. The van der Waals surface area contributed by atoms with Crippen molar-refractivity contribution in [2.45, 2.75) is 49.8 Å². The van der Waals surface area contributed by atoms with Crippen LogP contribution in [0.4, 0.5) is 5.95 Å². The third-order valence-corrected chi connectivity index (χ3v) is 6.60. The van der Waals surface area contributed by atoms with Crippen LogP contribution in [0, 0.1) is 5.92 Å². The zero-order valence-corrected chi connectivity index (χ0v) is 13.4. The first-order chi connectivity index (χ1) is 10.4. The van der Waals surface area contributed by atoms with Crippen molar-refractivity contribution in [1.29, 1.82) is 0 Å². The molecule has 0 bridgehead atoms. The van der Waals surface area contributed by atoms with Gasteiger partial charge in [0.25, 0.3) is 0 Å². The molecule has 0 aromatic carbocycles. The molecule has 0 aliphatic carbocycles. The van der Waals surface area contributed by atoms with Gasteiger partial charge in [-0.25, -0.2) is 0 Å². The molecule has 1 aromatic rings. The summed E-state index contributed by atoms with van der Waals surface area (Å²) in [5, 5.41) is 11.9. The van der Waals surface area contributed by atoms with Crippen LogP contribution >= 0.6 is 11.8 Å². The number of hydrogen-bond acceptors (Lipinski definition) is 5. The molecular formula is C15H25N5S. The maximum absolute atomic E-state index is 4.76. The van der Waals surface area contributed by atoms with Gasteiger partial charge in [-0.2, -0.15) is 16.7 Å². The Morgan fingerprint density at radius 3 is 2.71 bits per heavy atom. The van der Waals surface area contributed by atoms with Gasteiger partial charge in [0.15, 0.2) is 0 Å². The standard InChI is InChI=1S/C15H25N5S/c1-3-12(16-7-1)11-5-8-20(9-6-11)15-17-14(18-19-15)13-4-2-10-21-13/h11-13,16H,1-10H2,(H,17,18,19). The van der Waals surface area contributed by atoms with Crippen LogP contribution in [0.2, 0.25) is 0 Å². The first-order valence-corrected chi connectivity index (χ1v) is 9.47. The minimum atomic E-state index is 0.548. The van der Waals surface area contributed by atoms with Crippen LogP contribution in [0.5, 0.6) is 0 Å². The van der Waals surface area contributed by atoms with Crippen molar-refractivity contribution in [3.63, 3.8) is 0 Å². The molecule has 116 valence electrons. The molecule has 3 saturated heterocycles. The molecule has 0 saturated carbocycles. The second-order valence-corrected chi connectivity index (χ2v) is 7.86. The zero-order valence-electron chi connectivity index (χ0n) is 12.6. The molecule has 3 aliphatic rings. The summed E-state index contributed by atoms with van der Waals surface area (Å²) >= 11 is 2.01. The van der Waals surface area contributed by atoms with E-state index < -0.39 is 0 Å². The fourth-order valence-electron chi connectivity index (χ4n) is 3.96. The summed E-state index contributed by atoms with van der Waals surface area (Å²) in [7, 11) is 0. The van der Waals surface area contributed by atoms with Gasteiger partial charge in [-0.1, -0.05) is 0 Å². The average molecular weight is 307 g/mol. The largest absolute Gasteiger partial charge is 0.340 e. The van der Waals surface area contributed by atoms with Crippen LogP contribution < -0.4 is 10.2 Å². The fourth-order valence-corrected chi connectivity index (χ4v) is 5.17. The molecule has 2 atom stereocenters. The molecule has 3 aliphatic heterocycles. The smallest absolute Gasteiger partial charge is 0.244 e. The maximum Gasteiger partial charge on any atom is 0.244 e. The molecule has 2 N–H and O–H groups in total. The molecule has 3 fully saturated rings. The van der Waals surface area contributed by atoms with E-state index in [1.807, 2.05) is 11.8 Å². The van der Waals surface area contributed by atoms with E-state index in [1.54, 1.807) is 0 Å². The molecule has 4 heterocycles. The summed E-state index contributed by atoms with van der Waals surface area (Å²) in [6.45, 7) is 3.43. The van der Waals surface area contributed by atoms with Crippen molar-refractivity contribution in [1.82, 2.24) is 20.5 Å². The van der Waals surface area contributed by atoms with Gasteiger partial charge in [0.05, 0.1) is 5.25 Å². The van der Waals surface area contributed by atoms with Crippen molar-refractivity contribution in [3.05, 3.63) is 5.82 Å². The number of hydrogen-bond donors (Lipinski definition) is 2. The normalized spacial score (nSPS) is 31.1. The van der Waals surface area contributed by atoms with E-state index in [-0.39, 0.29) is 0 Å². The van der Waals surface area contributed by atoms with Crippen LogP contribution in [0.15, 0.2) is 0 Å². The van der Waals surface area contributed by atoms with E-state index in [0.29, 0.717) is 5.25 Å². The SMILES string of the molecule is C1CSC(c2nc(N3CCC(C4CCCN4)CC3)n[nH]2)C1. The lowest BCUT2D eigenvalue weighted by molar-refractivity contribution is 0.317. The van der Waals surface area contributed by atoms with Gasteiger partial charge in [0, 0.05) is 19.1 Å². The number of aromatic amines is 1. The van der Waals surface area contributed by atoms with Crippen molar-refractivity contribution in [2.24, 2.45) is 5.92 Å². The number of H-pyrrole nitrogens is 1. The van der Waals surface area contributed by atoms with Crippen LogP contribution in [0.25, 0.3) is 0 Å². The van der Waals surface area contributed by atoms with Crippen LogP contribution in [-0.4, -0.2) is 46.6 Å². The highest BCUT2D eigenvalue weighted by Crippen LogP contribution is 2.38. The minimum absolute atomic E-state index is 0.548. The summed E-state index contributed by atoms with van der Waals surface area (Å²) in [6, 6.07) is 0.768. The average Bonchev–Trinajstić information content (AvgIpc) is 3.27. The molecule has 0 radical (unpaired) electrons. The van der Waals surface area contributed by atoms with E-state index in [2.05, 4.69) is 20.4 Å². The maximum atomic E-state index is 4.76. The first kappa shape index (κ1) is 13.9. The number of rotatable bonds is 3. The highest BCUT2D eigenvalue weighted by atomic mass is 32.2. The number of nitrogens with one attached hydrogen (secondary N) is 2. The quantitative estimate of drug-likeness (QED) is 0.897. The van der Waals surface area contributed by atoms with Gasteiger partial charge in [-0.05, 0) is 56.7 Å². The zero-order chi connectivity index (χ0) is 14.1. The van der Waals surface area contributed by atoms with Gasteiger partial charge in [0.1, 0.15) is 5.82 Å². The summed E-state index contributed by atoms with van der Waals surface area (Å²) in [4.78, 5) is 7.13. The van der Waals surface area contributed by atoms with E-state index in [4.69, 9.17) is 4.98 Å². The molecule has 5 nitrogen and oxygen atoms in total. The molecule has 4 rings (SSSR count). The monoisotopic (exact) mass is 307 g/mol. The van der Waals surface area contributed by atoms with Gasteiger partial charge in [-0.15, -0.1) is 5.10 Å². The fraction of sp³-hybridized carbons (Fsp3) is 0.867. The van der Waals surface area contributed by atoms with Crippen molar-refractivity contribution in [2.75, 3.05) is 30.3 Å². The molecule has 1 aromatic heterocycles. The molecule has 2 unspecified atom stereocenters. The van der Waals surface area contributed by atoms with Crippen LogP contribution in [0.1, 0.15) is 49.6 Å². The van der Waals surface area contributed by atoms with Gasteiger partial charge < -0.3 is 10.2 Å². The Morgan fingerprint density at radius 1 is 1.10 bits per heavy atom. The number of aromatic nitrogens is 3.